The van der Waals surface area contributed by atoms with Crippen LogP contribution in [0.1, 0.15) is 0 Å². The normalized spacial score (nSPS) is 11.8. The van der Waals surface area contributed by atoms with Gasteiger partial charge in [-0.25, -0.2) is 8.78 Å². The topological polar surface area (TPSA) is 0 Å². The van der Waals surface area contributed by atoms with Crippen LogP contribution in [0.3, 0.4) is 0 Å². The van der Waals surface area contributed by atoms with Crippen molar-refractivity contribution in [3.05, 3.63) is 242 Å². The van der Waals surface area contributed by atoms with Crippen LogP contribution in [0.2, 0.25) is 0 Å². The first-order valence-electron chi connectivity index (χ1n) is 22.4. The van der Waals surface area contributed by atoms with Crippen LogP contribution in [0.25, 0.3) is 131 Å². The quantitative estimate of drug-likeness (QED) is 0.120. The van der Waals surface area contributed by atoms with Crippen LogP contribution in [0, 0.1) is 11.6 Å². The summed E-state index contributed by atoms with van der Waals surface area (Å²) in [6.07, 6.45) is 0. The molecule has 13 rings (SSSR count). The van der Waals surface area contributed by atoms with E-state index in [-0.39, 0.29) is 11.6 Å². The molecule has 13 aromatic rings. The maximum atomic E-state index is 14.7. The van der Waals surface area contributed by atoms with E-state index in [1.54, 1.807) is 24.3 Å². The van der Waals surface area contributed by atoms with Gasteiger partial charge in [-0.15, -0.1) is 0 Å². The molecule has 0 radical (unpaired) electrons. The predicted octanol–water partition coefficient (Wildman–Crippen LogP) is 18.4. The Hall–Kier alpha value is -8.46. The molecule has 0 fully saturated rings. The summed E-state index contributed by atoms with van der Waals surface area (Å²) in [5, 5.41) is 15.1. The molecule has 13 aromatic carbocycles. The molecule has 308 valence electrons. The fraction of sp³-hybridized carbons (Fsp3) is 0. The number of rotatable bonds is 5. The highest BCUT2D eigenvalue weighted by molar-refractivity contribution is 6.30. The van der Waals surface area contributed by atoms with Gasteiger partial charge in [-0.05, 0) is 192 Å². The van der Waals surface area contributed by atoms with Crippen molar-refractivity contribution in [3.63, 3.8) is 0 Å². The molecule has 0 amide bonds. The van der Waals surface area contributed by atoms with Crippen LogP contribution in [0.15, 0.2) is 231 Å². The highest BCUT2D eigenvalue weighted by Gasteiger charge is 2.23. The number of halogens is 2. The minimum Gasteiger partial charge on any atom is -0.207 e. The summed E-state index contributed by atoms with van der Waals surface area (Å²) in [7, 11) is 0. The third-order valence-corrected chi connectivity index (χ3v) is 13.7. The minimum absolute atomic E-state index is 0.252. The Bertz CT molecular complexity index is 4110. The van der Waals surface area contributed by atoms with E-state index in [4.69, 9.17) is 0 Å². The summed E-state index contributed by atoms with van der Waals surface area (Å²) in [6.45, 7) is 0. The number of benzene rings is 13. The van der Waals surface area contributed by atoms with Crippen LogP contribution in [-0.4, -0.2) is 0 Å². The van der Waals surface area contributed by atoms with Crippen LogP contribution in [-0.2, 0) is 0 Å². The molecule has 0 heterocycles. The van der Waals surface area contributed by atoms with Gasteiger partial charge in [0, 0.05) is 0 Å². The fourth-order valence-electron chi connectivity index (χ4n) is 10.6. The fourth-order valence-corrected chi connectivity index (χ4v) is 10.6. The highest BCUT2D eigenvalue weighted by Crippen LogP contribution is 2.51. The van der Waals surface area contributed by atoms with Crippen molar-refractivity contribution in [2.75, 3.05) is 0 Å². The first kappa shape index (κ1) is 38.0. The van der Waals surface area contributed by atoms with E-state index in [2.05, 4.69) is 182 Å². The highest BCUT2D eigenvalue weighted by atomic mass is 19.1. The molecule has 0 spiro atoms. The maximum Gasteiger partial charge on any atom is 0.123 e. The van der Waals surface area contributed by atoms with Crippen LogP contribution < -0.4 is 0 Å². The molecular formula is C64H38F2. The molecule has 2 heteroatoms. The minimum atomic E-state index is -0.254. The van der Waals surface area contributed by atoms with Gasteiger partial charge < -0.3 is 0 Å². The van der Waals surface area contributed by atoms with Gasteiger partial charge in [-0.1, -0.05) is 170 Å². The molecule has 0 aliphatic rings. The molecule has 0 bridgehead atoms. The lowest BCUT2D eigenvalue weighted by Gasteiger charge is -2.23. The number of hydrogen-bond donors (Lipinski definition) is 0. The maximum absolute atomic E-state index is 14.7. The zero-order valence-electron chi connectivity index (χ0n) is 35.7. The van der Waals surface area contributed by atoms with Crippen LogP contribution in [0.5, 0.6) is 0 Å². The largest absolute Gasteiger partial charge is 0.207 e. The van der Waals surface area contributed by atoms with Gasteiger partial charge in [0.25, 0.3) is 0 Å². The molecule has 0 saturated heterocycles. The summed E-state index contributed by atoms with van der Waals surface area (Å²) >= 11 is 0. The van der Waals surface area contributed by atoms with E-state index < -0.39 is 0 Å². The first-order valence-corrected chi connectivity index (χ1v) is 22.4. The predicted molar refractivity (Wildman–Crippen MR) is 276 cm³/mol. The third kappa shape index (κ3) is 6.18. The summed E-state index contributed by atoms with van der Waals surface area (Å²) in [5.74, 6) is -0.506. The number of fused-ring (bicyclic) bond motifs is 8. The van der Waals surface area contributed by atoms with Gasteiger partial charge in [0.2, 0.25) is 0 Å². The van der Waals surface area contributed by atoms with Crippen molar-refractivity contribution in [1.82, 2.24) is 0 Å². The van der Waals surface area contributed by atoms with Crippen molar-refractivity contribution >= 4 is 75.4 Å². The number of hydrogen-bond acceptors (Lipinski definition) is 0. The Morgan fingerprint density at radius 1 is 0.182 bits per heavy atom. The molecule has 0 unspecified atom stereocenters. The molecule has 0 aromatic heterocycles. The average Bonchev–Trinajstić information content (AvgIpc) is 3.37. The SMILES string of the molecule is Fc1ccc2cc(-c3c4cc(-c5ccccc5)ccc4c(-c4ccc5cc(F)ccc5c4)c4cc5c(cc34)c(-c3ccccc3)c(-c3ccc4ccccc4c3)c3ccccc35)ccc2c1. The summed E-state index contributed by atoms with van der Waals surface area (Å²) in [5.41, 5.74) is 11.2. The molecule has 66 heavy (non-hydrogen) atoms. The van der Waals surface area contributed by atoms with E-state index >= 15 is 0 Å². The Balaban J connectivity index is 1.25. The summed E-state index contributed by atoms with van der Waals surface area (Å²) in [4.78, 5) is 0. The van der Waals surface area contributed by atoms with Gasteiger partial charge in [0.15, 0.2) is 0 Å². The van der Waals surface area contributed by atoms with Gasteiger partial charge in [0.1, 0.15) is 11.6 Å². The van der Waals surface area contributed by atoms with Gasteiger partial charge in [-0.3, -0.25) is 0 Å². The van der Waals surface area contributed by atoms with Crippen LogP contribution >= 0.6 is 0 Å². The molecule has 0 atom stereocenters. The zero-order valence-corrected chi connectivity index (χ0v) is 35.7. The molecule has 0 saturated carbocycles. The van der Waals surface area contributed by atoms with E-state index in [0.29, 0.717) is 0 Å². The van der Waals surface area contributed by atoms with Gasteiger partial charge in [0.05, 0.1) is 0 Å². The summed E-state index contributed by atoms with van der Waals surface area (Å²) < 4.78 is 29.3. The van der Waals surface area contributed by atoms with Crippen LogP contribution in [0.4, 0.5) is 8.78 Å². The van der Waals surface area contributed by atoms with E-state index in [9.17, 15) is 8.78 Å². The second-order valence-corrected chi connectivity index (χ2v) is 17.5. The standard InChI is InChI=1S/C64H38F2/c65-51-28-25-43-32-48(23-20-45(43)34-51)61-55-30-27-47(39-11-3-1-4-12-39)36-57(55)62(49-24-21-46-35-52(66)29-26-44(46)33-49)60-38-58-56(37-59(60)61)53-17-9-10-18-54(53)64(63(58)41-14-5-2-6-15-41)50-22-19-40-13-7-8-16-42(40)31-50/h1-38H. The second kappa shape index (κ2) is 15.1. The first-order chi connectivity index (χ1) is 32.5. The van der Waals surface area contributed by atoms with E-state index in [0.717, 1.165) is 98.4 Å². The van der Waals surface area contributed by atoms with Crippen molar-refractivity contribution in [2.24, 2.45) is 0 Å². The zero-order chi connectivity index (χ0) is 43.9. The molecule has 0 N–H and O–H groups in total. The van der Waals surface area contributed by atoms with Gasteiger partial charge >= 0.3 is 0 Å². The lowest BCUT2D eigenvalue weighted by molar-refractivity contribution is 0.629. The Labute approximate surface area is 380 Å². The Kier molecular flexibility index (Phi) is 8.69. The monoisotopic (exact) mass is 844 g/mol. The Morgan fingerprint density at radius 2 is 0.576 bits per heavy atom. The molecule has 0 aliphatic heterocycles. The average molecular weight is 845 g/mol. The molecule has 0 nitrogen and oxygen atoms in total. The van der Waals surface area contributed by atoms with E-state index in [1.165, 1.54) is 32.7 Å². The van der Waals surface area contributed by atoms with Crippen molar-refractivity contribution < 1.29 is 8.78 Å². The van der Waals surface area contributed by atoms with E-state index in [1.807, 2.05) is 24.3 Å². The van der Waals surface area contributed by atoms with Gasteiger partial charge in [-0.2, -0.15) is 0 Å². The lowest BCUT2D eigenvalue weighted by Crippen LogP contribution is -1.95. The smallest absolute Gasteiger partial charge is 0.123 e. The molecular weight excluding hydrogens is 807 g/mol. The summed E-state index contributed by atoms with van der Waals surface area (Å²) in [6, 6.07) is 80.2. The second-order valence-electron chi connectivity index (χ2n) is 17.5. The van der Waals surface area contributed by atoms with Crippen molar-refractivity contribution in [3.8, 4) is 55.6 Å². The third-order valence-electron chi connectivity index (χ3n) is 13.7. The lowest BCUT2D eigenvalue weighted by atomic mass is 9.80. The van der Waals surface area contributed by atoms with Crippen molar-refractivity contribution in [2.45, 2.75) is 0 Å². The molecule has 0 aliphatic carbocycles. The Morgan fingerprint density at radius 3 is 1.23 bits per heavy atom. The van der Waals surface area contributed by atoms with Crippen molar-refractivity contribution in [1.29, 1.82) is 0 Å².